The number of aliphatic hydroxyl groups is 1. The highest BCUT2D eigenvalue weighted by atomic mass is 16.5. The predicted octanol–water partition coefficient (Wildman–Crippen LogP) is 4.87. The Hall–Kier alpha value is -4.83. The second-order valence-corrected chi connectivity index (χ2v) is 10.8. The van der Waals surface area contributed by atoms with Crippen molar-refractivity contribution < 1.29 is 9.84 Å². The van der Waals surface area contributed by atoms with Crippen molar-refractivity contribution in [3.8, 4) is 33.9 Å². The number of pyridine rings is 1. The van der Waals surface area contributed by atoms with Gasteiger partial charge in [0.15, 0.2) is 5.65 Å². The molecule has 0 atom stereocenters. The maximum absolute atomic E-state index is 13.5. The average Bonchev–Trinajstić information content (AvgIpc) is 3.65. The summed E-state index contributed by atoms with van der Waals surface area (Å²) in [5.74, 6) is 0.723. The molecule has 43 heavy (non-hydrogen) atoms. The van der Waals surface area contributed by atoms with E-state index in [1.807, 2.05) is 55.5 Å². The summed E-state index contributed by atoms with van der Waals surface area (Å²) in [6, 6.07) is 23.8. The van der Waals surface area contributed by atoms with E-state index in [0.29, 0.717) is 22.4 Å². The summed E-state index contributed by atoms with van der Waals surface area (Å²) < 4.78 is 8.64. The number of rotatable bonds is 7. The minimum atomic E-state index is -0.251. The number of hydrogen-bond acceptors (Lipinski definition) is 6. The Balaban J connectivity index is 1.24. The van der Waals surface area contributed by atoms with Crippen molar-refractivity contribution in [3.05, 3.63) is 119 Å². The molecule has 6 aromatic rings. The van der Waals surface area contributed by atoms with Crippen LogP contribution in [-0.2, 0) is 17.9 Å². The van der Waals surface area contributed by atoms with Crippen LogP contribution in [0.5, 0.6) is 0 Å². The van der Waals surface area contributed by atoms with Gasteiger partial charge in [0.1, 0.15) is 11.3 Å². The number of ether oxygens (including phenoxy) is 1. The third kappa shape index (κ3) is 5.18. The van der Waals surface area contributed by atoms with Crippen molar-refractivity contribution in [2.24, 2.45) is 0 Å². The zero-order valence-corrected chi connectivity index (χ0v) is 23.9. The first-order chi connectivity index (χ1) is 21.1. The first kappa shape index (κ1) is 27.0. The van der Waals surface area contributed by atoms with E-state index in [0.717, 1.165) is 66.6 Å². The average molecular weight is 573 g/mol. The number of imidazole rings is 2. The molecule has 0 saturated carbocycles. The van der Waals surface area contributed by atoms with Crippen molar-refractivity contribution in [1.82, 2.24) is 29.0 Å². The number of aryl methyl sites for hydroxylation is 1. The van der Waals surface area contributed by atoms with Crippen LogP contribution < -0.4 is 5.69 Å². The normalized spacial score (nSPS) is 14.0. The molecule has 0 unspecified atom stereocenters. The number of fused-ring (bicyclic) bond motifs is 1. The Morgan fingerprint density at radius 1 is 0.907 bits per heavy atom. The van der Waals surface area contributed by atoms with Gasteiger partial charge < -0.3 is 14.8 Å². The summed E-state index contributed by atoms with van der Waals surface area (Å²) in [6.07, 6.45) is 5.22. The number of hydrogen-bond donors (Lipinski definition) is 2. The highest BCUT2D eigenvalue weighted by Crippen LogP contribution is 2.33. The minimum absolute atomic E-state index is 0.213. The molecule has 0 bridgehead atoms. The van der Waals surface area contributed by atoms with E-state index in [1.165, 1.54) is 5.56 Å². The number of benzene rings is 3. The summed E-state index contributed by atoms with van der Waals surface area (Å²) >= 11 is 0. The number of nitrogens with one attached hydrogen (secondary N) is 1. The first-order valence-corrected chi connectivity index (χ1v) is 14.4. The Morgan fingerprint density at radius 3 is 2.44 bits per heavy atom. The highest BCUT2D eigenvalue weighted by Gasteiger charge is 2.18. The smallest absolute Gasteiger partial charge is 0.337 e. The van der Waals surface area contributed by atoms with E-state index < -0.39 is 0 Å². The summed E-state index contributed by atoms with van der Waals surface area (Å²) in [5, 5.41) is 10.6. The fourth-order valence-electron chi connectivity index (χ4n) is 5.73. The van der Waals surface area contributed by atoms with Gasteiger partial charge >= 0.3 is 5.69 Å². The van der Waals surface area contributed by atoms with Crippen LogP contribution in [0, 0.1) is 6.92 Å². The van der Waals surface area contributed by atoms with Gasteiger partial charge in [-0.25, -0.2) is 14.8 Å². The lowest BCUT2D eigenvalue weighted by atomic mass is 9.98. The molecule has 3 aromatic heterocycles. The van der Waals surface area contributed by atoms with Gasteiger partial charge in [0.05, 0.1) is 31.2 Å². The number of aromatic amines is 1. The van der Waals surface area contributed by atoms with Crippen LogP contribution in [0.3, 0.4) is 0 Å². The van der Waals surface area contributed by atoms with Crippen LogP contribution in [0.1, 0.15) is 16.7 Å². The van der Waals surface area contributed by atoms with Gasteiger partial charge in [0.2, 0.25) is 0 Å². The van der Waals surface area contributed by atoms with Gasteiger partial charge in [-0.3, -0.25) is 14.0 Å². The second kappa shape index (κ2) is 11.4. The summed E-state index contributed by atoms with van der Waals surface area (Å²) in [4.78, 5) is 28.8. The van der Waals surface area contributed by atoms with Crippen molar-refractivity contribution in [1.29, 1.82) is 0 Å². The van der Waals surface area contributed by atoms with E-state index >= 15 is 0 Å². The molecule has 0 radical (unpaired) electrons. The van der Waals surface area contributed by atoms with Gasteiger partial charge in [0, 0.05) is 54.9 Å². The second-order valence-electron chi connectivity index (χ2n) is 10.8. The lowest BCUT2D eigenvalue weighted by Gasteiger charge is -2.26. The molecular formula is C34H32N6O3. The van der Waals surface area contributed by atoms with Crippen LogP contribution in [-0.4, -0.2) is 60.4 Å². The van der Waals surface area contributed by atoms with E-state index in [4.69, 9.17) is 9.72 Å². The fourth-order valence-corrected chi connectivity index (χ4v) is 5.73. The van der Waals surface area contributed by atoms with Crippen molar-refractivity contribution in [3.63, 3.8) is 0 Å². The van der Waals surface area contributed by atoms with Crippen molar-refractivity contribution >= 4 is 11.2 Å². The van der Waals surface area contributed by atoms with Gasteiger partial charge in [-0.1, -0.05) is 54.1 Å². The van der Waals surface area contributed by atoms with E-state index in [1.54, 1.807) is 27.7 Å². The SMILES string of the molecule is Cc1ccc(-n2ccn(-c3cccc(-c4ccnc5[nH]c(-c6ccc(CN7CCOCC7)cc6)nc45)c3CO)c2=O)cc1. The van der Waals surface area contributed by atoms with Crippen molar-refractivity contribution in [2.45, 2.75) is 20.1 Å². The highest BCUT2D eigenvalue weighted by molar-refractivity contribution is 5.93. The topological polar surface area (TPSA) is 101 Å². The largest absolute Gasteiger partial charge is 0.392 e. The molecule has 9 nitrogen and oxygen atoms in total. The van der Waals surface area contributed by atoms with Crippen LogP contribution in [0.2, 0.25) is 0 Å². The van der Waals surface area contributed by atoms with Crippen LogP contribution in [0.4, 0.5) is 0 Å². The number of H-pyrrole nitrogens is 1. The molecule has 1 aliphatic rings. The molecule has 1 saturated heterocycles. The number of aromatic nitrogens is 5. The van der Waals surface area contributed by atoms with Gasteiger partial charge in [-0.2, -0.15) is 0 Å². The molecule has 1 aliphatic heterocycles. The van der Waals surface area contributed by atoms with Crippen LogP contribution in [0.25, 0.3) is 45.1 Å². The molecule has 2 N–H and O–H groups in total. The lowest BCUT2D eigenvalue weighted by molar-refractivity contribution is 0.0342. The van der Waals surface area contributed by atoms with Crippen molar-refractivity contribution in [2.75, 3.05) is 26.3 Å². The fraction of sp³-hybridized carbons (Fsp3) is 0.206. The standard InChI is InChI=1S/C34H32N6O3/c1-23-5-11-26(12-6-23)39-15-16-40(34(39)42)30-4-2-3-27(29(30)22-41)28-13-14-35-33-31(28)36-32(37-33)25-9-7-24(8-10-25)21-38-17-19-43-20-18-38/h2-16,41H,17-22H2,1H3,(H,35,36,37). The van der Waals surface area contributed by atoms with E-state index in [9.17, 15) is 9.90 Å². The Labute approximate surface area is 248 Å². The third-order valence-electron chi connectivity index (χ3n) is 8.07. The quantitative estimate of drug-likeness (QED) is 0.283. The van der Waals surface area contributed by atoms with E-state index in [-0.39, 0.29) is 12.3 Å². The maximum Gasteiger partial charge on any atom is 0.337 e. The number of aliphatic hydroxyl groups excluding tert-OH is 1. The summed E-state index contributed by atoms with van der Waals surface area (Å²) in [6.45, 7) is 6.12. The molecular weight excluding hydrogens is 540 g/mol. The Kier molecular flexibility index (Phi) is 7.20. The maximum atomic E-state index is 13.5. The zero-order valence-electron chi connectivity index (χ0n) is 23.9. The number of nitrogens with zero attached hydrogens (tertiary/aromatic N) is 5. The Bertz CT molecular complexity index is 1950. The van der Waals surface area contributed by atoms with Gasteiger partial charge in [0.25, 0.3) is 0 Å². The zero-order chi connectivity index (χ0) is 29.3. The molecule has 1 fully saturated rings. The van der Waals surface area contributed by atoms with Gasteiger partial charge in [-0.05, 0) is 42.3 Å². The van der Waals surface area contributed by atoms with E-state index in [2.05, 4.69) is 39.1 Å². The van der Waals surface area contributed by atoms with Crippen LogP contribution >= 0.6 is 0 Å². The predicted molar refractivity (Wildman–Crippen MR) is 166 cm³/mol. The third-order valence-corrected chi connectivity index (χ3v) is 8.07. The monoisotopic (exact) mass is 572 g/mol. The molecule has 216 valence electrons. The minimum Gasteiger partial charge on any atom is -0.392 e. The summed E-state index contributed by atoms with van der Waals surface area (Å²) in [5.41, 5.74) is 8.13. The molecule has 0 amide bonds. The summed E-state index contributed by atoms with van der Waals surface area (Å²) in [7, 11) is 0. The first-order valence-electron chi connectivity index (χ1n) is 14.4. The number of morpholine rings is 1. The molecule has 9 heteroatoms. The molecule has 0 spiro atoms. The molecule has 4 heterocycles. The van der Waals surface area contributed by atoms with Gasteiger partial charge in [-0.15, -0.1) is 0 Å². The Morgan fingerprint density at radius 2 is 1.67 bits per heavy atom. The molecule has 7 rings (SSSR count). The lowest BCUT2D eigenvalue weighted by Crippen LogP contribution is -2.35. The molecule has 3 aromatic carbocycles. The molecule has 0 aliphatic carbocycles. The van der Waals surface area contributed by atoms with Crippen LogP contribution in [0.15, 0.2) is 96.2 Å².